The molecule has 2 aromatic heterocycles. The number of para-hydroxylation sites is 3. The van der Waals surface area contributed by atoms with Gasteiger partial charge in [0.1, 0.15) is 0 Å². The number of aromatic nitrogens is 2. The molecular weight excluding hydrogens is 629 g/mol. The average Bonchev–Trinajstić information content (AvgIpc) is 3.69. The van der Waals surface area contributed by atoms with Crippen molar-refractivity contribution in [1.82, 2.24) is 9.13 Å². The van der Waals surface area contributed by atoms with Gasteiger partial charge >= 0.3 is 0 Å². The number of benzene rings is 7. The number of nitrogens with zero attached hydrogens (tertiary/aromatic N) is 2. The third-order valence-corrected chi connectivity index (χ3v) is 12.0. The second kappa shape index (κ2) is 11.3. The number of hydrogen-bond acceptors (Lipinski definition) is 0. The maximum atomic E-state index is 2.48. The Hall–Kier alpha value is -5.86. The van der Waals surface area contributed by atoms with Gasteiger partial charge in [-0.3, -0.25) is 0 Å². The topological polar surface area (TPSA) is 9.86 Å². The molecule has 0 amide bonds. The minimum Gasteiger partial charge on any atom is -0.309 e. The molecule has 0 bridgehead atoms. The predicted octanol–water partition coefficient (Wildman–Crippen LogP) is 13.6. The first-order chi connectivity index (χ1) is 25.3. The molecule has 252 valence electrons. The Morgan fingerprint density at radius 1 is 0.385 bits per heavy atom. The molecule has 0 fully saturated rings. The van der Waals surface area contributed by atoms with Gasteiger partial charge in [0.15, 0.2) is 0 Å². The normalized spacial score (nSPS) is 15.1. The highest BCUT2D eigenvalue weighted by Gasteiger charge is 2.37. The molecule has 0 atom stereocenters. The monoisotopic (exact) mass is 670 g/mol. The van der Waals surface area contributed by atoms with Crippen molar-refractivity contribution in [2.75, 3.05) is 0 Å². The van der Waals surface area contributed by atoms with Crippen molar-refractivity contribution in [3.63, 3.8) is 0 Å². The maximum absolute atomic E-state index is 2.48. The molecule has 9 aromatic rings. The first-order valence-corrected chi connectivity index (χ1v) is 18.7. The van der Waals surface area contributed by atoms with Gasteiger partial charge in [0.2, 0.25) is 0 Å². The van der Waals surface area contributed by atoms with Crippen molar-refractivity contribution in [3.8, 4) is 33.6 Å². The van der Waals surface area contributed by atoms with Gasteiger partial charge in [-0.1, -0.05) is 131 Å². The fourth-order valence-electron chi connectivity index (χ4n) is 9.09. The molecular formula is C50H42N2. The summed E-state index contributed by atoms with van der Waals surface area (Å²) in [7, 11) is 0. The Bertz CT molecular complexity index is 2840. The Labute approximate surface area is 305 Å². The van der Waals surface area contributed by atoms with Crippen LogP contribution in [0.5, 0.6) is 0 Å². The Kier molecular flexibility index (Phi) is 6.73. The van der Waals surface area contributed by atoms with Crippen LogP contribution < -0.4 is 0 Å². The fraction of sp³-hybridized carbons (Fsp3) is 0.160. The average molecular weight is 671 g/mol. The lowest BCUT2D eigenvalue weighted by Gasteiger charge is -2.42. The van der Waals surface area contributed by atoms with Crippen LogP contribution in [0.1, 0.15) is 51.7 Å². The van der Waals surface area contributed by atoms with Crippen LogP contribution in [0.3, 0.4) is 0 Å². The van der Waals surface area contributed by atoms with Crippen molar-refractivity contribution in [3.05, 3.63) is 169 Å². The van der Waals surface area contributed by atoms with E-state index < -0.39 is 0 Å². The molecule has 0 unspecified atom stereocenters. The van der Waals surface area contributed by atoms with Crippen LogP contribution in [0.4, 0.5) is 0 Å². The summed E-state index contributed by atoms with van der Waals surface area (Å²) in [6.45, 7) is 9.64. The van der Waals surface area contributed by atoms with Gasteiger partial charge in [0, 0.05) is 32.8 Å². The summed E-state index contributed by atoms with van der Waals surface area (Å²) in [5, 5.41) is 5.09. The zero-order chi connectivity index (χ0) is 35.2. The molecule has 2 heterocycles. The van der Waals surface area contributed by atoms with E-state index in [-0.39, 0.29) is 10.8 Å². The summed E-state index contributed by atoms with van der Waals surface area (Å²) in [6.07, 6.45) is 2.42. The van der Waals surface area contributed by atoms with Gasteiger partial charge in [-0.25, -0.2) is 0 Å². The lowest BCUT2D eigenvalue weighted by Crippen LogP contribution is -2.33. The number of hydrogen-bond donors (Lipinski definition) is 0. The first-order valence-electron chi connectivity index (χ1n) is 18.7. The van der Waals surface area contributed by atoms with Gasteiger partial charge in [0.25, 0.3) is 0 Å². The fourth-order valence-corrected chi connectivity index (χ4v) is 9.09. The number of fused-ring (bicyclic) bond motifs is 7. The second-order valence-electron chi connectivity index (χ2n) is 16.0. The minimum absolute atomic E-state index is 0.151. The third-order valence-electron chi connectivity index (χ3n) is 12.0. The lowest BCUT2D eigenvalue weighted by atomic mass is 9.63. The van der Waals surface area contributed by atoms with Crippen molar-refractivity contribution < 1.29 is 0 Å². The van der Waals surface area contributed by atoms with Gasteiger partial charge in [-0.05, 0) is 106 Å². The largest absolute Gasteiger partial charge is 0.309 e. The van der Waals surface area contributed by atoms with E-state index in [9.17, 15) is 0 Å². The van der Waals surface area contributed by atoms with E-state index in [0.717, 1.165) is 0 Å². The zero-order valence-corrected chi connectivity index (χ0v) is 30.3. The molecule has 0 saturated carbocycles. The van der Waals surface area contributed by atoms with E-state index in [0.29, 0.717) is 0 Å². The Morgan fingerprint density at radius 2 is 0.904 bits per heavy atom. The molecule has 1 aliphatic rings. The van der Waals surface area contributed by atoms with Crippen molar-refractivity contribution >= 4 is 43.6 Å². The highest BCUT2D eigenvalue weighted by atomic mass is 15.0. The van der Waals surface area contributed by atoms with E-state index >= 15 is 0 Å². The summed E-state index contributed by atoms with van der Waals surface area (Å²) < 4.78 is 4.92. The highest BCUT2D eigenvalue weighted by Crippen LogP contribution is 2.47. The van der Waals surface area contributed by atoms with Crippen LogP contribution in [-0.4, -0.2) is 9.13 Å². The van der Waals surface area contributed by atoms with Gasteiger partial charge in [-0.2, -0.15) is 0 Å². The SMILES string of the molecule is CC1(C)CCC(C)(C)c2cc(-n3c4ccccc4c4cc(-c5ccc6c(c5)c5ccccc5n6-c5ccccc5-c5ccccc5)ccc43)ccc21. The first kappa shape index (κ1) is 30.9. The van der Waals surface area contributed by atoms with Crippen LogP contribution in [0.15, 0.2) is 158 Å². The third kappa shape index (κ3) is 4.63. The molecule has 0 spiro atoms. The van der Waals surface area contributed by atoms with E-state index in [2.05, 4.69) is 195 Å². The van der Waals surface area contributed by atoms with E-state index in [1.165, 1.54) is 101 Å². The van der Waals surface area contributed by atoms with E-state index in [1.54, 1.807) is 0 Å². The summed E-state index contributed by atoms with van der Waals surface area (Å²) >= 11 is 0. The molecule has 0 radical (unpaired) electrons. The van der Waals surface area contributed by atoms with Gasteiger partial charge in [-0.15, -0.1) is 0 Å². The number of rotatable bonds is 4. The zero-order valence-electron chi connectivity index (χ0n) is 30.3. The lowest BCUT2D eigenvalue weighted by molar-refractivity contribution is 0.332. The predicted molar refractivity (Wildman–Crippen MR) is 221 cm³/mol. The molecule has 2 nitrogen and oxygen atoms in total. The molecule has 2 heteroatoms. The van der Waals surface area contributed by atoms with Crippen LogP contribution in [0.25, 0.3) is 77.2 Å². The molecule has 10 rings (SSSR count). The van der Waals surface area contributed by atoms with Gasteiger partial charge in [0.05, 0.1) is 27.8 Å². The molecule has 0 saturated heterocycles. The molecule has 1 aliphatic carbocycles. The smallest absolute Gasteiger partial charge is 0.0541 e. The highest BCUT2D eigenvalue weighted by molar-refractivity contribution is 6.13. The van der Waals surface area contributed by atoms with E-state index in [4.69, 9.17) is 0 Å². The van der Waals surface area contributed by atoms with Crippen molar-refractivity contribution in [1.29, 1.82) is 0 Å². The van der Waals surface area contributed by atoms with Crippen LogP contribution in [0, 0.1) is 0 Å². The quantitative estimate of drug-likeness (QED) is 0.176. The Morgan fingerprint density at radius 3 is 1.58 bits per heavy atom. The second-order valence-corrected chi connectivity index (χ2v) is 16.0. The summed E-state index contributed by atoms with van der Waals surface area (Å²) in [5.41, 5.74) is 15.6. The molecule has 7 aromatic carbocycles. The molecule has 52 heavy (non-hydrogen) atoms. The minimum atomic E-state index is 0.151. The van der Waals surface area contributed by atoms with Crippen LogP contribution in [-0.2, 0) is 10.8 Å². The van der Waals surface area contributed by atoms with Crippen LogP contribution >= 0.6 is 0 Å². The standard InChI is InChI=1S/C50H42N2/c1-49(2)28-29-50(3,4)43-32-36(24-25-42(43)49)51-45-20-12-9-17-38(45)40-30-34(22-26-47(40)51)35-23-27-48-41(31-35)39-18-10-13-21-46(39)52(48)44-19-11-8-16-37(44)33-14-6-5-7-15-33/h5-27,30-32H,28-29H2,1-4H3. The van der Waals surface area contributed by atoms with Crippen molar-refractivity contribution in [2.45, 2.75) is 51.4 Å². The van der Waals surface area contributed by atoms with Crippen LogP contribution in [0.2, 0.25) is 0 Å². The molecule has 0 N–H and O–H groups in total. The van der Waals surface area contributed by atoms with Crippen molar-refractivity contribution in [2.24, 2.45) is 0 Å². The summed E-state index contributed by atoms with van der Waals surface area (Å²) in [6, 6.07) is 58.5. The molecule has 0 aliphatic heterocycles. The Balaban J connectivity index is 1.14. The maximum Gasteiger partial charge on any atom is 0.0541 e. The van der Waals surface area contributed by atoms with E-state index in [1.807, 2.05) is 0 Å². The summed E-state index contributed by atoms with van der Waals surface area (Å²) in [5.74, 6) is 0. The summed E-state index contributed by atoms with van der Waals surface area (Å²) in [4.78, 5) is 0. The van der Waals surface area contributed by atoms with Gasteiger partial charge < -0.3 is 9.13 Å².